The fourth-order valence-corrected chi connectivity index (χ4v) is 2.26. The first-order valence-electron chi connectivity index (χ1n) is 7.78. The van der Waals surface area contributed by atoms with Gasteiger partial charge in [-0.3, -0.25) is 4.79 Å². The minimum atomic E-state index is -0.757. The molecular formula is C15H30N2O4. The predicted molar refractivity (Wildman–Crippen MR) is 82.4 cm³/mol. The van der Waals surface area contributed by atoms with Gasteiger partial charge in [-0.1, -0.05) is 26.7 Å². The lowest BCUT2D eigenvalue weighted by atomic mass is 9.94. The van der Waals surface area contributed by atoms with E-state index in [1.165, 1.54) is 0 Å². The fourth-order valence-electron chi connectivity index (χ4n) is 2.26. The van der Waals surface area contributed by atoms with Crippen molar-refractivity contribution in [3.05, 3.63) is 0 Å². The zero-order valence-corrected chi connectivity index (χ0v) is 13.5. The van der Waals surface area contributed by atoms with Crippen LogP contribution in [0.4, 0.5) is 4.79 Å². The molecule has 2 amide bonds. The van der Waals surface area contributed by atoms with Crippen LogP contribution >= 0.6 is 0 Å². The highest BCUT2D eigenvalue weighted by molar-refractivity contribution is 5.74. The van der Waals surface area contributed by atoms with Crippen LogP contribution in [0.5, 0.6) is 0 Å². The maximum atomic E-state index is 11.7. The van der Waals surface area contributed by atoms with Crippen LogP contribution in [0.3, 0.4) is 0 Å². The highest BCUT2D eigenvalue weighted by Gasteiger charge is 2.12. The Morgan fingerprint density at radius 1 is 1.19 bits per heavy atom. The van der Waals surface area contributed by atoms with E-state index in [-0.39, 0.29) is 18.5 Å². The van der Waals surface area contributed by atoms with E-state index < -0.39 is 5.97 Å². The van der Waals surface area contributed by atoms with Crippen molar-refractivity contribution in [2.45, 2.75) is 58.4 Å². The monoisotopic (exact) mass is 302 g/mol. The van der Waals surface area contributed by atoms with Crippen LogP contribution in [0.25, 0.3) is 0 Å². The number of urea groups is 1. The summed E-state index contributed by atoms with van der Waals surface area (Å²) in [5.41, 5.74) is 0. The maximum absolute atomic E-state index is 11.7. The third-order valence-electron chi connectivity index (χ3n) is 3.50. The van der Waals surface area contributed by atoms with Crippen LogP contribution in [-0.4, -0.2) is 43.4 Å². The molecule has 0 aliphatic carbocycles. The zero-order valence-electron chi connectivity index (χ0n) is 13.5. The summed E-state index contributed by atoms with van der Waals surface area (Å²) in [6.07, 6.45) is 4.53. The van der Waals surface area contributed by atoms with Crippen LogP contribution in [0.15, 0.2) is 0 Å². The molecule has 3 N–H and O–H groups in total. The quantitative estimate of drug-likeness (QED) is 0.516. The third kappa shape index (κ3) is 11.1. The molecular weight excluding hydrogens is 272 g/mol. The number of rotatable bonds is 12. The molecule has 124 valence electrons. The summed E-state index contributed by atoms with van der Waals surface area (Å²) >= 11 is 0. The van der Waals surface area contributed by atoms with E-state index >= 15 is 0 Å². The number of nitrogens with one attached hydrogen (secondary N) is 2. The Balaban J connectivity index is 3.95. The van der Waals surface area contributed by atoms with Gasteiger partial charge in [0, 0.05) is 20.1 Å². The molecule has 0 aliphatic rings. The average Bonchev–Trinajstić information content (AvgIpc) is 2.44. The Labute approximate surface area is 127 Å². The molecule has 6 nitrogen and oxygen atoms in total. The van der Waals surface area contributed by atoms with Crippen molar-refractivity contribution in [2.24, 2.45) is 5.92 Å². The minimum absolute atomic E-state index is 0.0217. The number of methoxy groups -OCH3 is 1. The summed E-state index contributed by atoms with van der Waals surface area (Å²) in [5, 5.41) is 14.4. The first-order chi connectivity index (χ1) is 10.0. The van der Waals surface area contributed by atoms with E-state index in [4.69, 9.17) is 9.84 Å². The number of aliphatic carboxylic acids is 1. The van der Waals surface area contributed by atoms with Crippen molar-refractivity contribution in [1.82, 2.24) is 10.6 Å². The summed E-state index contributed by atoms with van der Waals surface area (Å²) in [6, 6.07) is -0.166. The van der Waals surface area contributed by atoms with E-state index in [0.717, 1.165) is 25.7 Å². The van der Waals surface area contributed by atoms with Crippen molar-refractivity contribution in [1.29, 1.82) is 0 Å². The van der Waals surface area contributed by atoms with E-state index in [1.807, 2.05) is 6.92 Å². The molecule has 2 unspecified atom stereocenters. The Bertz CT molecular complexity index is 297. The summed E-state index contributed by atoms with van der Waals surface area (Å²) < 4.78 is 5.03. The van der Waals surface area contributed by atoms with E-state index in [9.17, 15) is 9.59 Å². The lowest BCUT2D eigenvalue weighted by molar-refractivity contribution is -0.137. The van der Waals surface area contributed by atoms with Gasteiger partial charge in [-0.25, -0.2) is 4.79 Å². The Morgan fingerprint density at radius 2 is 1.90 bits per heavy atom. The van der Waals surface area contributed by atoms with Crippen LogP contribution in [0, 0.1) is 5.92 Å². The zero-order chi connectivity index (χ0) is 16.1. The van der Waals surface area contributed by atoms with Crippen molar-refractivity contribution in [3.63, 3.8) is 0 Å². The molecule has 21 heavy (non-hydrogen) atoms. The number of carbonyl (C=O) groups excluding carboxylic acids is 1. The van der Waals surface area contributed by atoms with Crippen LogP contribution in [0.1, 0.15) is 52.4 Å². The second-order valence-corrected chi connectivity index (χ2v) is 5.34. The normalized spacial score (nSPS) is 13.5. The molecule has 2 atom stereocenters. The molecule has 0 aliphatic heterocycles. The molecule has 0 heterocycles. The first kappa shape index (κ1) is 19.7. The predicted octanol–water partition coefficient (Wildman–Crippen LogP) is 2.38. The van der Waals surface area contributed by atoms with Gasteiger partial charge < -0.3 is 20.5 Å². The molecule has 0 radical (unpaired) electrons. The number of ether oxygens (including phenoxy) is 1. The summed E-state index contributed by atoms with van der Waals surface area (Å²) in [7, 11) is 1.61. The number of carbonyl (C=O) groups is 2. The molecule has 0 rings (SSSR count). The van der Waals surface area contributed by atoms with Crippen molar-refractivity contribution >= 4 is 12.0 Å². The Hall–Kier alpha value is -1.30. The summed E-state index contributed by atoms with van der Waals surface area (Å²) in [6.45, 7) is 5.15. The number of hydrogen-bond acceptors (Lipinski definition) is 3. The summed E-state index contributed by atoms with van der Waals surface area (Å²) in [4.78, 5) is 22.3. The Morgan fingerprint density at radius 3 is 2.43 bits per heavy atom. The lowest BCUT2D eigenvalue weighted by Gasteiger charge is -2.18. The highest BCUT2D eigenvalue weighted by Crippen LogP contribution is 2.17. The SMILES string of the molecule is CCCC(CCNC(=O)NC(CC)COC)CCC(=O)O. The van der Waals surface area contributed by atoms with Gasteiger partial charge in [0.25, 0.3) is 0 Å². The van der Waals surface area contributed by atoms with E-state index in [2.05, 4.69) is 17.6 Å². The van der Waals surface area contributed by atoms with Gasteiger partial charge in [-0.15, -0.1) is 0 Å². The number of hydrogen-bond donors (Lipinski definition) is 3. The molecule has 0 aromatic carbocycles. The maximum Gasteiger partial charge on any atom is 0.315 e. The van der Waals surface area contributed by atoms with Gasteiger partial charge in [0.1, 0.15) is 0 Å². The van der Waals surface area contributed by atoms with Crippen LogP contribution < -0.4 is 10.6 Å². The number of carboxylic acid groups (broad SMARTS) is 1. The van der Waals surface area contributed by atoms with E-state index in [0.29, 0.717) is 25.5 Å². The van der Waals surface area contributed by atoms with Crippen molar-refractivity contribution in [2.75, 3.05) is 20.3 Å². The molecule has 0 fully saturated rings. The largest absolute Gasteiger partial charge is 0.481 e. The first-order valence-corrected chi connectivity index (χ1v) is 7.78. The second kappa shape index (κ2) is 12.4. The molecule has 0 aromatic heterocycles. The molecule has 0 spiro atoms. The number of carboxylic acids is 1. The molecule has 0 bridgehead atoms. The van der Waals surface area contributed by atoms with Gasteiger partial charge in [0.05, 0.1) is 12.6 Å². The molecule has 0 saturated heterocycles. The summed E-state index contributed by atoms with van der Waals surface area (Å²) in [5.74, 6) is -0.403. The highest BCUT2D eigenvalue weighted by atomic mass is 16.5. The van der Waals surface area contributed by atoms with Gasteiger partial charge in [-0.2, -0.15) is 0 Å². The molecule has 0 aromatic rings. The van der Waals surface area contributed by atoms with Gasteiger partial charge >= 0.3 is 12.0 Å². The van der Waals surface area contributed by atoms with Crippen molar-refractivity contribution in [3.8, 4) is 0 Å². The van der Waals surface area contributed by atoms with Crippen LogP contribution in [0.2, 0.25) is 0 Å². The smallest absolute Gasteiger partial charge is 0.315 e. The standard InChI is InChI=1S/C15H30N2O4/c1-4-6-12(7-8-14(18)19)9-10-16-15(20)17-13(5-2)11-21-3/h12-13H,4-11H2,1-3H3,(H,18,19)(H2,16,17,20). The van der Waals surface area contributed by atoms with Crippen molar-refractivity contribution < 1.29 is 19.4 Å². The van der Waals surface area contributed by atoms with Gasteiger partial charge in [0.2, 0.25) is 0 Å². The lowest BCUT2D eigenvalue weighted by Crippen LogP contribution is -2.44. The van der Waals surface area contributed by atoms with E-state index in [1.54, 1.807) is 7.11 Å². The van der Waals surface area contributed by atoms with Crippen LogP contribution in [-0.2, 0) is 9.53 Å². The second-order valence-electron chi connectivity index (χ2n) is 5.34. The molecule has 6 heteroatoms. The average molecular weight is 302 g/mol. The Kier molecular flexibility index (Phi) is 11.7. The topological polar surface area (TPSA) is 87.7 Å². The molecule has 0 saturated carbocycles. The minimum Gasteiger partial charge on any atom is -0.481 e. The third-order valence-corrected chi connectivity index (χ3v) is 3.50. The number of amides is 2. The van der Waals surface area contributed by atoms with Gasteiger partial charge in [0.15, 0.2) is 0 Å². The fraction of sp³-hybridized carbons (Fsp3) is 0.867. The van der Waals surface area contributed by atoms with Gasteiger partial charge in [-0.05, 0) is 25.2 Å².